The Bertz CT molecular complexity index is 1130. The number of nitrogens with zero attached hydrogens (tertiary/aromatic N) is 2. The van der Waals surface area contributed by atoms with Gasteiger partial charge in [-0.2, -0.15) is 0 Å². The summed E-state index contributed by atoms with van der Waals surface area (Å²) in [5.74, 6) is -0.539. The first-order chi connectivity index (χ1) is 15.0. The molecule has 1 aliphatic heterocycles. The molecular formula is C22H23BrClFN4O2. The van der Waals surface area contributed by atoms with Crippen LogP contribution in [0.5, 0.6) is 5.75 Å². The SMILES string of the molecule is CC1CNC(CCOc2c(Cl)c(Br)c(F)c3nc[nH]c(=O)c23)CN1Cc1ccccc1. The lowest BCUT2D eigenvalue weighted by atomic mass is 10.1. The number of hydrogen-bond donors (Lipinski definition) is 2. The molecule has 0 bridgehead atoms. The molecule has 4 rings (SSSR count). The van der Waals surface area contributed by atoms with E-state index in [0.29, 0.717) is 19.1 Å². The van der Waals surface area contributed by atoms with Crippen LogP contribution in [0.3, 0.4) is 0 Å². The lowest BCUT2D eigenvalue weighted by molar-refractivity contribution is 0.122. The molecule has 2 heterocycles. The van der Waals surface area contributed by atoms with Gasteiger partial charge in [-0.1, -0.05) is 41.9 Å². The van der Waals surface area contributed by atoms with Crippen LogP contribution in [0.15, 0.2) is 45.9 Å². The van der Waals surface area contributed by atoms with E-state index < -0.39 is 11.4 Å². The number of rotatable bonds is 6. The molecule has 6 nitrogen and oxygen atoms in total. The molecule has 0 radical (unpaired) electrons. The fourth-order valence-electron chi connectivity index (χ4n) is 3.85. The second-order valence-electron chi connectivity index (χ2n) is 7.73. The van der Waals surface area contributed by atoms with E-state index in [0.717, 1.165) is 26.0 Å². The van der Waals surface area contributed by atoms with Gasteiger partial charge in [-0.15, -0.1) is 0 Å². The summed E-state index contributed by atoms with van der Waals surface area (Å²) in [5.41, 5.74) is 0.716. The molecule has 1 fully saturated rings. The van der Waals surface area contributed by atoms with Crippen LogP contribution in [0.25, 0.3) is 10.9 Å². The Hall–Kier alpha value is -2.00. The van der Waals surface area contributed by atoms with Gasteiger partial charge in [0.2, 0.25) is 0 Å². The Labute approximate surface area is 192 Å². The van der Waals surface area contributed by atoms with Crippen molar-refractivity contribution in [3.05, 3.63) is 67.9 Å². The van der Waals surface area contributed by atoms with E-state index in [1.165, 1.54) is 5.56 Å². The van der Waals surface area contributed by atoms with Crippen molar-refractivity contribution in [3.8, 4) is 5.75 Å². The summed E-state index contributed by atoms with van der Waals surface area (Å²) >= 11 is 9.42. The highest BCUT2D eigenvalue weighted by Gasteiger charge is 2.26. The van der Waals surface area contributed by atoms with Gasteiger partial charge in [0.05, 0.1) is 17.4 Å². The van der Waals surface area contributed by atoms with Crippen molar-refractivity contribution < 1.29 is 9.13 Å². The van der Waals surface area contributed by atoms with Gasteiger partial charge in [0.15, 0.2) is 11.6 Å². The van der Waals surface area contributed by atoms with E-state index in [9.17, 15) is 9.18 Å². The Morgan fingerprint density at radius 2 is 2.13 bits per heavy atom. The van der Waals surface area contributed by atoms with Crippen LogP contribution >= 0.6 is 27.5 Å². The number of fused-ring (bicyclic) bond motifs is 1. The molecular weight excluding hydrogens is 487 g/mol. The van der Waals surface area contributed by atoms with E-state index in [2.05, 4.69) is 67.3 Å². The molecule has 1 aromatic heterocycles. The topological polar surface area (TPSA) is 70.2 Å². The number of benzene rings is 2. The zero-order chi connectivity index (χ0) is 22.0. The third-order valence-corrected chi connectivity index (χ3v) is 6.93. The molecule has 164 valence electrons. The fraction of sp³-hybridized carbons (Fsp3) is 0.364. The number of halogens is 3. The molecule has 2 aromatic carbocycles. The molecule has 2 unspecified atom stereocenters. The van der Waals surface area contributed by atoms with Crippen molar-refractivity contribution in [2.24, 2.45) is 0 Å². The molecule has 1 aliphatic rings. The van der Waals surface area contributed by atoms with Crippen molar-refractivity contribution >= 4 is 38.4 Å². The maximum absolute atomic E-state index is 14.5. The zero-order valence-corrected chi connectivity index (χ0v) is 19.3. The van der Waals surface area contributed by atoms with Crippen LogP contribution in [-0.2, 0) is 6.54 Å². The number of aromatic amines is 1. The molecule has 1 saturated heterocycles. The van der Waals surface area contributed by atoms with Crippen molar-refractivity contribution in [2.75, 3.05) is 19.7 Å². The monoisotopic (exact) mass is 508 g/mol. The second kappa shape index (κ2) is 9.65. The third-order valence-electron chi connectivity index (χ3n) is 5.59. The molecule has 2 N–H and O–H groups in total. The highest BCUT2D eigenvalue weighted by atomic mass is 79.9. The molecule has 3 aromatic rings. The molecule has 0 aliphatic carbocycles. The summed E-state index contributed by atoms with van der Waals surface area (Å²) < 4.78 is 20.4. The van der Waals surface area contributed by atoms with Gasteiger partial charge in [-0.25, -0.2) is 9.37 Å². The molecule has 9 heteroatoms. The summed E-state index contributed by atoms with van der Waals surface area (Å²) in [4.78, 5) is 21.1. The maximum atomic E-state index is 14.5. The average molecular weight is 510 g/mol. The largest absolute Gasteiger partial charge is 0.491 e. The van der Waals surface area contributed by atoms with Crippen LogP contribution in [-0.4, -0.2) is 46.6 Å². The predicted molar refractivity (Wildman–Crippen MR) is 123 cm³/mol. The van der Waals surface area contributed by atoms with Crippen molar-refractivity contribution in [3.63, 3.8) is 0 Å². The second-order valence-corrected chi connectivity index (χ2v) is 8.90. The van der Waals surface area contributed by atoms with Crippen molar-refractivity contribution in [1.82, 2.24) is 20.2 Å². The highest BCUT2D eigenvalue weighted by Crippen LogP contribution is 2.39. The lowest BCUT2D eigenvalue weighted by Gasteiger charge is -2.39. The predicted octanol–water partition coefficient (Wildman–Crippen LogP) is 4.11. The highest BCUT2D eigenvalue weighted by molar-refractivity contribution is 9.10. The zero-order valence-electron chi connectivity index (χ0n) is 17.0. The summed E-state index contributed by atoms with van der Waals surface area (Å²) in [6.07, 6.45) is 1.87. The van der Waals surface area contributed by atoms with Crippen LogP contribution in [0.2, 0.25) is 5.02 Å². The minimum atomic E-state index is -0.682. The molecule has 0 amide bonds. The van der Waals surface area contributed by atoms with Crippen LogP contribution in [0.1, 0.15) is 18.9 Å². The van der Waals surface area contributed by atoms with Gasteiger partial charge in [0, 0.05) is 31.7 Å². The Balaban J connectivity index is 1.45. The minimum Gasteiger partial charge on any atom is -0.491 e. The van der Waals surface area contributed by atoms with Gasteiger partial charge in [0.25, 0.3) is 5.56 Å². The molecule has 2 atom stereocenters. The third kappa shape index (κ3) is 4.77. The standard InChI is InChI=1S/C22H23BrClFN4O2/c1-13-9-26-15(11-29(13)10-14-5-3-2-4-6-14)7-8-31-21-16-20(27-12-28-22(16)30)19(25)17(23)18(21)24/h2-6,12-13,15,26H,7-11H2,1H3,(H,27,28,30). The van der Waals surface area contributed by atoms with Gasteiger partial charge < -0.3 is 15.0 Å². The van der Waals surface area contributed by atoms with E-state index in [1.807, 2.05) is 6.07 Å². The quantitative estimate of drug-likeness (QED) is 0.490. The Morgan fingerprint density at radius 3 is 2.90 bits per heavy atom. The summed E-state index contributed by atoms with van der Waals surface area (Å²) in [6, 6.07) is 11.1. The van der Waals surface area contributed by atoms with Crippen LogP contribution in [0.4, 0.5) is 4.39 Å². The van der Waals surface area contributed by atoms with Crippen LogP contribution < -0.4 is 15.6 Å². The van der Waals surface area contributed by atoms with Crippen LogP contribution in [0, 0.1) is 5.82 Å². The minimum absolute atomic E-state index is 0.0177. The lowest BCUT2D eigenvalue weighted by Crippen LogP contribution is -2.55. The average Bonchev–Trinajstić information content (AvgIpc) is 2.77. The number of nitrogens with one attached hydrogen (secondary N) is 2. The van der Waals surface area contributed by atoms with E-state index in [-0.39, 0.29) is 32.2 Å². The van der Waals surface area contributed by atoms with E-state index in [4.69, 9.17) is 16.3 Å². The van der Waals surface area contributed by atoms with Gasteiger partial charge in [-0.3, -0.25) is 9.69 Å². The Morgan fingerprint density at radius 1 is 1.35 bits per heavy atom. The summed E-state index contributed by atoms with van der Waals surface area (Å²) in [7, 11) is 0. The smallest absolute Gasteiger partial charge is 0.262 e. The number of piperazine rings is 1. The molecule has 0 spiro atoms. The first-order valence-electron chi connectivity index (χ1n) is 10.1. The maximum Gasteiger partial charge on any atom is 0.262 e. The first kappa shape index (κ1) is 22.2. The molecule has 31 heavy (non-hydrogen) atoms. The number of hydrogen-bond acceptors (Lipinski definition) is 5. The number of H-pyrrole nitrogens is 1. The summed E-state index contributed by atoms with van der Waals surface area (Å²) in [5, 5.41) is 3.60. The first-order valence-corrected chi connectivity index (χ1v) is 11.3. The van der Waals surface area contributed by atoms with Crippen molar-refractivity contribution in [1.29, 1.82) is 0 Å². The van der Waals surface area contributed by atoms with E-state index >= 15 is 0 Å². The van der Waals surface area contributed by atoms with E-state index in [1.54, 1.807) is 0 Å². The van der Waals surface area contributed by atoms with Crippen molar-refractivity contribution in [2.45, 2.75) is 32.0 Å². The fourth-order valence-corrected chi connectivity index (χ4v) is 4.45. The molecule has 0 saturated carbocycles. The Kier molecular flexibility index (Phi) is 6.91. The van der Waals surface area contributed by atoms with Gasteiger partial charge >= 0.3 is 0 Å². The summed E-state index contributed by atoms with van der Waals surface area (Å²) in [6.45, 7) is 5.19. The van der Waals surface area contributed by atoms with Gasteiger partial charge in [0.1, 0.15) is 15.9 Å². The normalized spacial score (nSPS) is 19.6. The van der Waals surface area contributed by atoms with Gasteiger partial charge in [-0.05, 0) is 34.8 Å². The number of ether oxygens (including phenoxy) is 1. The number of aromatic nitrogens is 2.